The molecule has 0 saturated carbocycles. The summed E-state index contributed by atoms with van der Waals surface area (Å²) in [5, 5.41) is 25.2. The Bertz CT molecular complexity index is 1550. The van der Waals surface area contributed by atoms with Crippen LogP contribution in [0.25, 0.3) is 22.8 Å². The molecule has 64 heavy (non-hydrogen) atoms. The van der Waals surface area contributed by atoms with Gasteiger partial charge in [-0.05, 0) is 12.0 Å². The van der Waals surface area contributed by atoms with Crippen LogP contribution < -0.4 is 0 Å². The van der Waals surface area contributed by atoms with Crippen molar-refractivity contribution in [2.24, 2.45) is 0 Å². The zero-order valence-electron chi connectivity index (χ0n) is 36.9. The second-order valence-electron chi connectivity index (χ2n) is 13.4. The van der Waals surface area contributed by atoms with E-state index in [9.17, 15) is 9.59 Å². The van der Waals surface area contributed by atoms with Crippen LogP contribution in [0.4, 0.5) is 0 Å². The fourth-order valence-corrected chi connectivity index (χ4v) is 5.03. The highest BCUT2D eigenvalue weighted by atomic mass is 16.6. The summed E-state index contributed by atoms with van der Waals surface area (Å²) in [5.74, 6) is -0.290. The Morgan fingerprint density at radius 3 is 1.03 bits per heavy atom. The monoisotopic (exact) mass is 906 g/mol. The first-order valence-electron chi connectivity index (χ1n) is 21.6. The molecule has 0 fully saturated rings. The van der Waals surface area contributed by atoms with Crippen LogP contribution >= 0.6 is 0 Å². The molecule has 0 unspecified atom stereocenters. The van der Waals surface area contributed by atoms with Crippen LogP contribution in [0.1, 0.15) is 24.8 Å². The lowest BCUT2D eigenvalue weighted by atomic mass is 10.1. The molecule has 0 aliphatic carbocycles. The maximum atomic E-state index is 12.2. The lowest BCUT2D eigenvalue weighted by molar-refractivity contribution is -0.145. The number of esters is 1. The number of ether oxygens (including phenoxy) is 13. The number of benzene rings is 2. The minimum Gasteiger partial charge on any atom is -0.481 e. The number of aromatic nitrogens is 4. The first kappa shape index (κ1) is 54.2. The summed E-state index contributed by atoms with van der Waals surface area (Å²) in [6.45, 7) is 10.8. The molecule has 358 valence electrons. The molecule has 0 saturated heterocycles. The van der Waals surface area contributed by atoms with Gasteiger partial charge in [-0.25, -0.2) is 0 Å². The average molecular weight is 907 g/mol. The van der Waals surface area contributed by atoms with E-state index >= 15 is 0 Å². The van der Waals surface area contributed by atoms with Crippen molar-refractivity contribution in [1.82, 2.24) is 20.4 Å². The van der Waals surface area contributed by atoms with Gasteiger partial charge in [0.25, 0.3) is 0 Å². The Morgan fingerprint density at radius 1 is 0.375 bits per heavy atom. The highest BCUT2D eigenvalue weighted by molar-refractivity contribution is 5.69. The summed E-state index contributed by atoms with van der Waals surface area (Å²) in [7, 11) is 0. The van der Waals surface area contributed by atoms with Crippen LogP contribution in [-0.4, -0.2) is 196 Å². The van der Waals surface area contributed by atoms with Crippen molar-refractivity contribution in [3.63, 3.8) is 0 Å². The zero-order chi connectivity index (χ0) is 45.2. The molecule has 0 atom stereocenters. The lowest BCUT2D eigenvalue weighted by Gasteiger charge is -2.09. The number of carbonyl (C=O) groups excluding carboxylic acids is 1. The van der Waals surface area contributed by atoms with Gasteiger partial charge in [-0.1, -0.05) is 54.6 Å². The second kappa shape index (κ2) is 39.2. The van der Waals surface area contributed by atoms with E-state index in [4.69, 9.17) is 66.7 Å². The number of hydrogen-bond donors (Lipinski definition) is 1. The summed E-state index contributed by atoms with van der Waals surface area (Å²) in [6, 6.07) is 16.9. The minimum absolute atomic E-state index is 0.00995. The summed E-state index contributed by atoms with van der Waals surface area (Å²) in [6.07, 6.45) is 0.812. The summed E-state index contributed by atoms with van der Waals surface area (Å²) in [4.78, 5) is 22.5. The van der Waals surface area contributed by atoms with Crippen LogP contribution in [0.2, 0.25) is 0 Å². The number of nitrogens with zero attached hydrogens (tertiary/aromatic N) is 4. The van der Waals surface area contributed by atoms with Gasteiger partial charge >= 0.3 is 11.9 Å². The third-order valence-corrected chi connectivity index (χ3v) is 8.34. The summed E-state index contributed by atoms with van der Waals surface area (Å²) in [5.41, 5.74) is 2.46. The number of carbonyl (C=O) groups is 2. The van der Waals surface area contributed by atoms with Crippen LogP contribution in [0, 0.1) is 0 Å². The molecule has 0 aliphatic rings. The van der Waals surface area contributed by atoms with E-state index in [1.807, 2.05) is 54.6 Å². The third-order valence-electron chi connectivity index (χ3n) is 8.34. The fraction of sp³-hybridized carbons (Fsp3) is 0.636. The molecule has 0 radical (unpaired) electrons. The molecule has 2 aromatic carbocycles. The van der Waals surface area contributed by atoms with E-state index in [-0.39, 0.29) is 32.0 Å². The van der Waals surface area contributed by atoms with E-state index in [1.54, 1.807) is 0 Å². The first-order chi connectivity index (χ1) is 31.6. The van der Waals surface area contributed by atoms with Crippen molar-refractivity contribution in [3.8, 4) is 22.8 Å². The Kier molecular flexibility index (Phi) is 33.2. The fourth-order valence-electron chi connectivity index (χ4n) is 5.03. The van der Waals surface area contributed by atoms with Crippen molar-refractivity contribution in [2.75, 3.05) is 159 Å². The van der Waals surface area contributed by atoms with Gasteiger partial charge in [0.2, 0.25) is 11.6 Å². The third kappa shape index (κ3) is 30.1. The van der Waals surface area contributed by atoms with Gasteiger partial charge in [-0.15, -0.1) is 20.4 Å². The maximum Gasteiger partial charge on any atom is 0.306 e. The molecular formula is C44H66N4O16. The molecule has 0 aliphatic heterocycles. The Balaban J connectivity index is 0.942. The number of hydrogen-bond acceptors (Lipinski definition) is 19. The van der Waals surface area contributed by atoms with Crippen molar-refractivity contribution < 1.29 is 76.3 Å². The van der Waals surface area contributed by atoms with Crippen molar-refractivity contribution in [3.05, 3.63) is 60.2 Å². The van der Waals surface area contributed by atoms with Crippen LogP contribution in [0.5, 0.6) is 0 Å². The van der Waals surface area contributed by atoms with Crippen LogP contribution in [-0.2, 0) is 77.8 Å². The number of carboxylic acid groups (broad SMARTS) is 1. The molecule has 0 amide bonds. The van der Waals surface area contributed by atoms with Gasteiger partial charge in [0.05, 0.1) is 158 Å². The topological polar surface area (TPSA) is 226 Å². The SMILES string of the molecule is O=C(O)CCOCCOCCOCCOCCOCCOCCOCCOCCOCCOCCOCCOCCCC(=O)OCc1ccc(-c2nnc(-c3ccccc3)nn2)cc1. The van der Waals surface area contributed by atoms with Gasteiger partial charge in [0.15, 0.2) is 0 Å². The Hall–Kier alpha value is -4.16. The summed E-state index contributed by atoms with van der Waals surface area (Å²) < 4.78 is 70.7. The molecule has 1 heterocycles. The van der Waals surface area contributed by atoms with Crippen LogP contribution in [0.15, 0.2) is 54.6 Å². The highest BCUT2D eigenvalue weighted by Crippen LogP contribution is 2.17. The number of rotatable bonds is 44. The molecule has 1 aromatic heterocycles. The molecular weight excluding hydrogens is 840 g/mol. The number of aliphatic carboxylic acids is 1. The first-order valence-corrected chi connectivity index (χ1v) is 21.6. The Morgan fingerprint density at radius 2 is 0.688 bits per heavy atom. The molecule has 20 heteroatoms. The van der Waals surface area contributed by atoms with Gasteiger partial charge in [0.1, 0.15) is 6.61 Å². The van der Waals surface area contributed by atoms with E-state index in [1.165, 1.54) is 0 Å². The largest absolute Gasteiger partial charge is 0.481 e. The van der Waals surface area contributed by atoms with E-state index in [0.717, 1.165) is 16.7 Å². The molecule has 20 nitrogen and oxygen atoms in total. The standard InChI is InChI=1S/C44H66N4O16/c49-41(50)12-14-53-16-18-55-20-22-57-24-26-59-28-30-61-32-34-63-36-35-62-33-31-60-29-27-58-25-23-56-21-19-54-17-15-52-13-4-7-42(51)64-37-38-8-10-40(11-9-38)44-47-45-43(46-48-44)39-5-2-1-3-6-39/h1-3,5-6,8-11H,4,7,12-37H2,(H,49,50). The molecule has 3 rings (SSSR count). The molecule has 1 N–H and O–H groups in total. The molecule has 0 spiro atoms. The highest BCUT2D eigenvalue weighted by Gasteiger charge is 2.08. The van der Waals surface area contributed by atoms with Gasteiger partial charge in [-0.3, -0.25) is 9.59 Å². The quantitative estimate of drug-likeness (QED) is 0.0635. The Labute approximate surface area is 375 Å². The van der Waals surface area contributed by atoms with E-state index < -0.39 is 5.97 Å². The predicted octanol–water partition coefficient (Wildman–Crippen LogP) is 3.10. The number of carboxylic acids is 1. The lowest BCUT2D eigenvalue weighted by Crippen LogP contribution is -2.15. The van der Waals surface area contributed by atoms with Crippen molar-refractivity contribution in [2.45, 2.75) is 25.9 Å². The van der Waals surface area contributed by atoms with Crippen molar-refractivity contribution in [1.29, 1.82) is 0 Å². The van der Waals surface area contributed by atoms with Gasteiger partial charge in [-0.2, -0.15) is 0 Å². The predicted molar refractivity (Wildman–Crippen MR) is 230 cm³/mol. The maximum absolute atomic E-state index is 12.2. The minimum atomic E-state index is -0.880. The van der Waals surface area contributed by atoms with Crippen molar-refractivity contribution >= 4 is 11.9 Å². The second-order valence-corrected chi connectivity index (χ2v) is 13.4. The van der Waals surface area contributed by atoms with E-state index in [0.29, 0.717) is 170 Å². The average Bonchev–Trinajstić information content (AvgIpc) is 3.32. The molecule has 3 aromatic rings. The van der Waals surface area contributed by atoms with E-state index in [2.05, 4.69) is 20.4 Å². The smallest absolute Gasteiger partial charge is 0.306 e. The summed E-state index contributed by atoms with van der Waals surface area (Å²) >= 11 is 0. The van der Waals surface area contributed by atoms with Crippen LogP contribution in [0.3, 0.4) is 0 Å². The molecule has 0 bridgehead atoms. The van der Waals surface area contributed by atoms with Gasteiger partial charge in [0, 0.05) is 24.2 Å². The van der Waals surface area contributed by atoms with Gasteiger partial charge < -0.3 is 66.7 Å². The zero-order valence-corrected chi connectivity index (χ0v) is 36.9. The normalized spacial score (nSPS) is 11.3.